The highest BCUT2D eigenvalue weighted by Crippen LogP contribution is 2.25. The number of anilines is 1. The van der Waals surface area contributed by atoms with Crippen molar-refractivity contribution in [3.63, 3.8) is 0 Å². The Kier molecular flexibility index (Phi) is 8.95. The largest absolute Gasteiger partial charge is 0.497 e. The molecule has 1 fully saturated rings. The zero-order chi connectivity index (χ0) is 23.6. The van der Waals surface area contributed by atoms with Gasteiger partial charge < -0.3 is 24.4 Å². The van der Waals surface area contributed by atoms with Crippen molar-refractivity contribution < 1.29 is 23.8 Å². The van der Waals surface area contributed by atoms with E-state index in [4.69, 9.17) is 14.2 Å². The van der Waals surface area contributed by atoms with E-state index in [1.54, 1.807) is 39.5 Å². The topological polar surface area (TPSA) is 80.3 Å². The molecular weight excluding hydrogens is 422 g/mol. The van der Waals surface area contributed by atoms with Gasteiger partial charge in [0.15, 0.2) is 0 Å². The number of hydrogen-bond acceptors (Lipinski definition) is 6. The molecule has 178 valence electrons. The van der Waals surface area contributed by atoms with Gasteiger partial charge in [-0.05, 0) is 30.5 Å². The number of aryl methyl sites for hydroxylation is 1. The number of nitrogens with zero attached hydrogens (tertiary/aromatic N) is 2. The highest BCUT2D eigenvalue weighted by atomic mass is 16.5. The molecule has 1 aliphatic heterocycles. The molecule has 8 heteroatoms. The minimum Gasteiger partial charge on any atom is -0.497 e. The first-order valence-corrected chi connectivity index (χ1v) is 11.2. The molecule has 0 saturated carbocycles. The first-order valence-electron chi connectivity index (χ1n) is 11.2. The van der Waals surface area contributed by atoms with Crippen LogP contribution in [0.4, 0.5) is 5.69 Å². The van der Waals surface area contributed by atoms with Gasteiger partial charge in [-0.2, -0.15) is 0 Å². The number of rotatable bonds is 9. The van der Waals surface area contributed by atoms with Crippen molar-refractivity contribution in [2.24, 2.45) is 0 Å². The maximum Gasteiger partial charge on any atom is 0.238 e. The van der Waals surface area contributed by atoms with Gasteiger partial charge in [0.1, 0.15) is 17.2 Å². The van der Waals surface area contributed by atoms with E-state index in [9.17, 15) is 9.59 Å². The van der Waals surface area contributed by atoms with Crippen molar-refractivity contribution in [3.8, 4) is 17.2 Å². The highest BCUT2D eigenvalue weighted by Gasteiger charge is 2.20. The van der Waals surface area contributed by atoms with E-state index in [-0.39, 0.29) is 18.4 Å². The fourth-order valence-electron chi connectivity index (χ4n) is 3.86. The van der Waals surface area contributed by atoms with Gasteiger partial charge in [0, 0.05) is 56.5 Å². The van der Waals surface area contributed by atoms with Crippen LogP contribution in [0, 0.1) is 0 Å². The molecule has 0 radical (unpaired) electrons. The molecule has 2 amide bonds. The molecule has 1 heterocycles. The van der Waals surface area contributed by atoms with E-state index in [2.05, 4.69) is 10.2 Å². The van der Waals surface area contributed by atoms with Crippen LogP contribution in [0.1, 0.15) is 18.4 Å². The first kappa shape index (κ1) is 24.4. The predicted molar refractivity (Wildman–Crippen MR) is 127 cm³/mol. The Morgan fingerprint density at radius 2 is 1.52 bits per heavy atom. The second-order valence-corrected chi connectivity index (χ2v) is 8.01. The minimum atomic E-state index is -0.107. The second-order valence-electron chi connectivity index (χ2n) is 8.01. The van der Waals surface area contributed by atoms with Crippen LogP contribution in [-0.4, -0.2) is 75.7 Å². The molecule has 3 rings (SSSR count). The number of benzene rings is 2. The van der Waals surface area contributed by atoms with Gasteiger partial charge in [0.2, 0.25) is 11.8 Å². The summed E-state index contributed by atoms with van der Waals surface area (Å²) in [5, 5.41) is 2.91. The summed E-state index contributed by atoms with van der Waals surface area (Å²) in [6.07, 6.45) is 2.02. The number of methoxy groups -OCH3 is 3. The number of carbonyl (C=O) groups is 2. The van der Waals surface area contributed by atoms with Crippen molar-refractivity contribution in [2.75, 3.05) is 59.4 Å². The summed E-state index contributed by atoms with van der Waals surface area (Å²) in [6.45, 7) is 3.06. The quantitative estimate of drug-likeness (QED) is 0.626. The zero-order valence-electron chi connectivity index (χ0n) is 19.6. The molecule has 0 aliphatic carbocycles. The summed E-state index contributed by atoms with van der Waals surface area (Å²) in [5.41, 5.74) is 1.74. The molecule has 2 aromatic carbocycles. The van der Waals surface area contributed by atoms with Crippen LogP contribution in [0.3, 0.4) is 0 Å². The summed E-state index contributed by atoms with van der Waals surface area (Å²) in [7, 11) is 4.78. The Morgan fingerprint density at radius 3 is 2.15 bits per heavy atom. The summed E-state index contributed by atoms with van der Waals surface area (Å²) >= 11 is 0. The number of amides is 2. The number of carbonyl (C=O) groups excluding carboxylic acids is 2. The fourth-order valence-corrected chi connectivity index (χ4v) is 3.86. The van der Waals surface area contributed by atoms with E-state index >= 15 is 0 Å². The molecule has 0 atom stereocenters. The lowest BCUT2D eigenvalue weighted by molar-refractivity contribution is -0.131. The normalized spacial score (nSPS) is 14.3. The molecule has 0 aromatic heterocycles. The van der Waals surface area contributed by atoms with Gasteiger partial charge in [-0.1, -0.05) is 12.1 Å². The molecule has 1 aliphatic rings. The summed E-state index contributed by atoms with van der Waals surface area (Å²) in [4.78, 5) is 29.3. The van der Waals surface area contributed by atoms with E-state index in [0.29, 0.717) is 49.7 Å². The van der Waals surface area contributed by atoms with E-state index in [1.165, 1.54) is 0 Å². The highest BCUT2D eigenvalue weighted by molar-refractivity contribution is 5.92. The molecular formula is C25H33N3O5. The van der Waals surface area contributed by atoms with E-state index in [1.807, 2.05) is 29.2 Å². The predicted octanol–water partition coefficient (Wildman–Crippen LogP) is 2.82. The van der Waals surface area contributed by atoms with Crippen molar-refractivity contribution >= 4 is 17.5 Å². The second kappa shape index (κ2) is 12.1. The van der Waals surface area contributed by atoms with Crippen LogP contribution in [0.25, 0.3) is 0 Å². The summed E-state index contributed by atoms with van der Waals surface area (Å²) in [6, 6.07) is 13.1. The Morgan fingerprint density at radius 1 is 0.848 bits per heavy atom. The molecule has 0 unspecified atom stereocenters. The average molecular weight is 456 g/mol. The monoisotopic (exact) mass is 455 g/mol. The van der Waals surface area contributed by atoms with Crippen molar-refractivity contribution in [2.45, 2.75) is 19.3 Å². The van der Waals surface area contributed by atoms with Crippen molar-refractivity contribution in [1.29, 1.82) is 0 Å². The molecule has 33 heavy (non-hydrogen) atoms. The smallest absolute Gasteiger partial charge is 0.238 e. The Labute approximate surface area is 195 Å². The third kappa shape index (κ3) is 7.39. The van der Waals surface area contributed by atoms with Crippen molar-refractivity contribution in [3.05, 3.63) is 48.0 Å². The van der Waals surface area contributed by atoms with Crippen molar-refractivity contribution in [1.82, 2.24) is 9.80 Å². The van der Waals surface area contributed by atoms with Crippen LogP contribution in [-0.2, 0) is 16.0 Å². The molecule has 1 N–H and O–H groups in total. The van der Waals surface area contributed by atoms with Crippen LogP contribution >= 0.6 is 0 Å². The number of ether oxygens (including phenoxy) is 3. The lowest BCUT2D eigenvalue weighted by Crippen LogP contribution is -2.38. The SMILES string of the molecule is COc1ccc(CCC(=O)N2CCCN(CC(=O)Nc3cc(OC)cc(OC)c3)CC2)cc1. The van der Waals surface area contributed by atoms with Crippen LogP contribution in [0.5, 0.6) is 17.2 Å². The van der Waals surface area contributed by atoms with Gasteiger partial charge in [-0.25, -0.2) is 0 Å². The first-order chi connectivity index (χ1) is 16.0. The lowest BCUT2D eigenvalue weighted by Gasteiger charge is -2.22. The van der Waals surface area contributed by atoms with E-state index < -0.39 is 0 Å². The van der Waals surface area contributed by atoms with Gasteiger partial charge in [-0.15, -0.1) is 0 Å². The third-order valence-electron chi connectivity index (χ3n) is 5.73. The van der Waals surface area contributed by atoms with E-state index in [0.717, 1.165) is 24.3 Å². The Hall–Kier alpha value is -3.26. The molecule has 8 nitrogen and oxygen atoms in total. The summed E-state index contributed by atoms with van der Waals surface area (Å²) < 4.78 is 15.7. The van der Waals surface area contributed by atoms with Gasteiger partial charge in [-0.3, -0.25) is 14.5 Å². The zero-order valence-corrected chi connectivity index (χ0v) is 19.6. The third-order valence-corrected chi connectivity index (χ3v) is 5.73. The standard InChI is InChI=1S/C25H33N3O5/c1-31-21-8-5-19(6-9-21)7-10-25(30)28-12-4-11-27(13-14-28)18-24(29)26-20-15-22(32-2)17-23(16-20)33-3/h5-6,8-9,15-17H,4,7,10-14,18H2,1-3H3,(H,26,29). The fraction of sp³-hybridized carbons (Fsp3) is 0.440. The average Bonchev–Trinajstić information content (AvgIpc) is 3.08. The molecule has 0 spiro atoms. The summed E-state index contributed by atoms with van der Waals surface area (Å²) in [5.74, 6) is 2.09. The number of hydrogen-bond donors (Lipinski definition) is 1. The Bertz CT molecular complexity index is 910. The maximum atomic E-state index is 12.7. The van der Waals surface area contributed by atoms with Gasteiger partial charge >= 0.3 is 0 Å². The lowest BCUT2D eigenvalue weighted by atomic mass is 10.1. The van der Waals surface area contributed by atoms with Crippen LogP contribution in [0.15, 0.2) is 42.5 Å². The minimum absolute atomic E-state index is 0.107. The molecule has 2 aromatic rings. The Balaban J connectivity index is 1.46. The van der Waals surface area contributed by atoms with Crippen LogP contribution < -0.4 is 19.5 Å². The van der Waals surface area contributed by atoms with Gasteiger partial charge in [0.05, 0.1) is 27.9 Å². The molecule has 0 bridgehead atoms. The molecule has 1 saturated heterocycles. The van der Waals surface area contributed by atoms with Crippen LogP contribution in [0.2, 0.25) is 0 Å². The number of nitrogens with one attached hydrogen (secondary N) is 1. The maximum absolute atomic E-state index is 12.7. The van der Waals surface area contributed by atoms with Gasteiger partial charge in [0.25, 0.3) is 0 Å².